The molecule has 1 aromatic rings. The van der Waals surface area contributed by atoms with E-state index in [9.17, 15) is 4.79 Å². The predicted octanol–water partition coefficient (Wildman–Crippen LogP) is 2.97. The Morgan fingerprint density at radius 1 is 1.45 bits per heavy atom. The Kier molecular flexibility index (Phi) is 3.98. The highest BCUT2D eigenvalue weighted by atomic mass is 79.9. The van der Waals surface area contributed by atoms with Crippen molar-refractivity contribution in [2.75, 3.05) is 13.2 Å². The summed E-state index contributed by atoms with van der Waals surface area (Å²) < 4.78 is 6.72. The smallest absolute Gasteiger partial charge is 0.307 e. The number of aliphatic carboxylic acids is 1. The fourth-order valence-corrected chi connectivity index (χ4v) is 3.03. The van der Waals surface area contributed by atoms with Gasteiger partial charge in [-0.25, -0.2) is 0 Å². The fourth-order valence-electron chi connectivity index (χ4n) is 2.52. The van der Waals surface area contributed by atoms with Crippen molar-refractivity contribution in [1.82, 2.24) is 5.32 Å². The molecule has 1 saturated carbocycles. The second-order valence-corrected chi connectivity index (χ2v) is 6.53. The van der Waals surface area contributed by atoms with Crippen molar-refractivity contribution in [3.63, 3.8) is 0 Å². The second kappa shape index (κ2) is 5.74. The van der Waals surface area contributed by atoms with Gasteiger partial charge in [0.15, 0.2) is 0 Å². The van der Waals surface area contributed by atoms with Crippen LogP contribution in [-0.4, -0.2) is 24.2 Å². The van der Waals surface area contributed by atoms with E-state index in [-0.39, 0.29) is 12.0 Å². The molecule has 2 aliphatic rings. The monoisotopic (exact) mass is 339 g/mol. The summed E-state index contributed by atoms with van der Waals surface area (Å²) in [6, 6.07) is 6.14. The van der Waals surface area contributed by atoms with E-state index in [1.165, 1.54) is 12.8 Å². The number of carboxylic acid groups (broad SMARTS) is 1. The summed E-state index contributed by atoms with van der Waals surface area (Å²) in [4.78, 5) is 11.0. The van der Waals surface area contributed by atoms with E-state index in [0.717, 1.165) is 28.3 Å². The normalized spacial score (nSPS) is 25.6. The zero-order chi connectivity index (χ0) is 14.1. The van der Waals surface area contributed by atoms with Crippen LogP contribution in [0, 0.1) is 11.8 Å². The van der Waals surface area contributed by atoms with Gasteiger partial charge in [0.1, 0.15) is 5.75 Å². The van der Waals surface area contributed by atoms with Crippen LogP contribution < -0.4 is 10.1 Å². The molecule has 1 aromatic carbocycles. The third-order valence-corrected chi connectivity index (χ3v) is 4.63. The molecule has 2 N–H and O–H groups in total. The average molecular weight is 340 g/mol. The van der Waals surface area contributed by atoms with Gasteiger partial charge in [-0.05, 0) is 58.8 Å². The van der Waals surface area contributed by atoms with Crippen molar-refractivity contribution < 1.29 is 14.6 Å². The van der Waals surface area contributed by atoms with Crippen LogP contribution >= 0.6 is 15.9 Å². The van der Waals surface area contributed by atoms with E-state index in [2.05, 4.69) is 21.2 Å². The Labute approximate surface area is 126 Å². The Balaban J connectivity index is 1.65. The molecule has 3 rings (SSSR count). The van der Waals surface area contributed by atoms with E-state index in [1.807, 2.05) is 18.2 Å². The summed E-state index contributed by atoms with van der Waals surface area (Å²) in [5, 5.41) is 12.3. The van der Waals surface area contributed by atoms with E-state index in [4.69, 9.17) is 9.84 Å². The average Bonchev–Trinajstić information content (AvgIpc) is 3.11. The number of carbonyl (C=O) groups is 1. The molecule has 2 atom stereocenters. The minimum absolute atomic E-state index is 0.116. The van der Waals surface area contributed by atoms with Gasteiger partial charge in [-0.2, -0.15) is 0 Å². The second-order valence-electron chi connectivity index (χ2n) is 5.68. The summed E-state index contributed by atoms with van der Waals surface area (Å²) in [6.07, 6.45) is 3.20. The zero-order valence-electron chi connectivity index (χ0n) is 11.1. The molecule has 0 bridgehead atoms. The Bertz CT molecular complexity index is 516. The van der Waals surface area contributed by atoms with Crippen LogP contribution in [0.15, 0.2) is 22.7 Å². The highest BCUT2D eigenvalue weighted by Gasteiger charge is 2.30. The first-order valence-electron chi connectivity index (χ1n) is 7.02. The van der Waals surface area contributed by atoms with E-state index >= 15 is 0 Å². The summed E-state index contributed by atoms with van der Waals surface area (Å²) in [6.45, 7) is 1.33. The van der Waals surface area contributed by atoms with E-state index in [1.54, 1.807) is 0 Å². The molecule has 0 radical (unpaired) electrons. The summed E-state index contributed by atoms with van der Waals surface area (Å²) in [5.74, 6) is 0.593. The quantitative estimate of drug-likeness (QED) is 0.865. The van der Waals surface area contributed by atoms with E-state index < -0.39 is 5.97 Å². The van der Waals surface area contributed by atoms with Gasteiger partial charge in [-0.15, -0.1) is 0 Å². The van der Waals surface area contributed by atoms with Crippen LogP contribution in [0.3, 0.4) is 0 Å². The number of benzene rings is 1. The number of hydrogen-bond donors (Lipinski definition) is 2. The number of ether oxygens (including phenoxy) is 1. The number of rotatable bonds is 5. The van der Waals surface area contributed by atoms with Gasteiger partial charge in [0.05, 0.1) is 17.0 Å². The molecule has 108 valence electrons. The molecule has 2 fully saturated rings. The number of carboxylic acids is 1. The van der Waals surface area contributed by atoms with Crippen LogP contribution in [0.5, 0.6) is 5.75 Å². The first-order valence-corrected chi connectivity index (χ1v) is 7.81. The first-order chi connectivity index (χ1) is 9.63. The van der Waals surface area contributed by atoms with Crippen LogP contribution in [0.2, 0.25) is 0 Å². The van der Waals surface area contributed by atoms with Gasteiger partial charge in [-0.3, -0.25) is 4.79 Å². The summed E-state index contributed by atoms with van der Waals surface area (Å²) in [7, 11) is 0. The molecule has 1 heterocycles. The Morgan fingerprint density at radius 2 is 2.25 bits per heavy atom. The van der Waals surface area contributed by atoms with Gasteiger partial charge >= 0.3 is 5.97 Å². The summed E-state index contributed by atoms with van der Waals surface area (Å²) >= 11 is 3.54. The van der Waals surface area contributed by atoms with Crippen molar-refractivity contribution in [1.29, 1.82) is 0 Å². The lowest BCUT2D eigenvalue weighted by Crippen LogP contribution is -2.17. The predicted molar refractivity (Wildman–Crippen MR) is 78.8 cm³/mol. The molecule has 1 aliphatic heterocycles. The number of halogens is 1. The van der Waals surface area contributed by atoms with Crippen LogP contribution in [-0.2, 0) is 4.79 Å². The minimum Gasteiger partial charge on any atom is -0.492 e. The van der Waals surface area contributed by atoms with Crippen LogP contribution in [0.4, 0.5) is 0 Å². The molecule has 2 unspecified atom stereocenters. The SMILES string of the molecule is O=C(O)C1CNC(c2ccc(OCC3CC3)c(Br)c2)C1. The molecule has 1 aliphatic carbocycles. The lowest BCUT2D eigenvalue weighted by atomic mass is 10.0. The molecule has 4 nitrogen and oxygen atoms in total. The molecular formula is C15H18BrNO3. The molecule has 20 heavy (non-hydrogen) atoms. The summed E-state index contributed by atoms with van der Waals surface area (Å²) in [5.41, 5.74) is 1.11. The highest BCUT2D eigenvalue weighted by molar-refractivity contribution is 9.10. The van der Waals surface area contributed by atoms with Crippen molar-refractivity contribution >= 4 is 21.9 Å². The van der Waals surface area contributed by atoms with Gasteiger partial charge in [-0.1, -0.05) is 6.07 Å². The molecule has 1 saturated heterocycles. The highest BCUT2D eigenvalue weighted by Crippen LogP contribution is 2.35. The molecule has 0 aromatic heterocycles. The maximum atomic E-state index is 11.0. The lowest BCUT2D eigenvalue weighted by molar-refractivity contribution is -0.141. The van der Waals surface area contributed by atoms with Gasteiger partial charge < -0.3 is 15.2 Å². The van der Waals surface area contributed by atoms with Crippen molar-refractivity contribution in [3.05, 3.63) is 28.2 Å². The first kappa shape index (κ1) is 13.9. The third-order valence-electron chi connectivity index (χ3n) is 4.01. The third kappa shape index (κ3) is 3.15. The lowest BCUT2D eigenvalue weighted by Gasteiger charge is -2.13. The van der Waals surface area contributed by atoms with Crippen LogP contribution in [0.25, 0.3) is 0 Å². The van der Waals surface area contributed by atoms with Gasteiger partial charge in [0.25, 0.3) is 0 Å². The topological polar surface area (TPSA) is 58.6 Å². The van der Waals surface area contributed by atoms with Crippen molar-refractivity contribution in [2.24, 2.45) is 11.8 Å². The standard InChI is InChI=1S/C15H18BrNO3/c16-12-5-10(13-6-11(7-17-13)15(18)19)3-4-14(12)20-8-9-1-2-9/h3-5,9,11,13,17H,1-2,6-8H2,(H,18,19). The fraction of sp³-hybridized carbons (Fsp3) is 0.533. The molecular weight excluding hydrogens is 322 g/mol. The Hall–Kier alpha value is -1.07. The Morgan fingerprint density at radius 3 is 2.85 bits per heavy atom. The number of nitrogens with one attached hydrogen (secondary N) is 1. The maximum absolute atomic E-state index is 11.0. The molecule has 0 amide bonds. The number of hydrogen-bond acceptors (Lipinski definition) is 3. The van der Waals surface area contributed by atoms with Gasteiger partial charge in [0.2, 0.25) is 0 Å². The zero-order valence-corrected chi connectivity index (χ0v) is 12.7. The van der Waals surface area contributed by atoms with Gasteiger partial charge in [0, 0.05) is 12.6 Å². The van der Waals surface area contributed by atoms with Crippen LogP contribution in [0.1, 0.15) is 30.9 Å². The maximum Gasteiger partial charge on any atom is 0.307 e. The molecule has 0 spiro atoms. The van der Waals surface area contributed by atoms with Crippen molar-refractivity contribution in [3.8, 4) is 5.75 Å². The van der Waals surface area contributed by atoms with Crippen molar-refractivity contribution in [2.45, 2.75) is 25.3 Å². The minimum atomic E-state index is -0.719. The molecule has 5 heteroatoms. The largest absolute Gasteiger partial charge is 0.492 e. The van der Waals surface area contributed by atoms with E-state index in [0.29, 0.717) is 13.0 Å².